The molecule has 2 aromatic rings. The molecule has 4 heteroatoms. The molecule has 0 bridgehead atoms. The molecule has 100 valence electrons. The minimum absolute atomic E-state index is 0.131. The molecule has 0 saturated carbocycles. The lowest BCUT2D eigenvalue weighted by Gasteiger charge is -2.21. The topological polar surface area (TPSA) is 51.2 Å². The van der Waals surface area contributed by atoms with Gasteiger partial charge in [-0.1, -0.05) is 32.0 Å². The van der Waals surface area contributed by atoms with Gasteiger partial charge in [-0.2, -0.15) is 0 Å². The standard InChI is InChI=1S/C15H18N2O2/c1-10(2)13(15(18)19-3)17-12-8-4-6-11-7-5-9-16-14(11)12/h4-10,13,17H,1-3H3. The number of rotatable bonds is 4. The van der Waals surface area contributed by atoms with Crippen molar-refractivity contribution < 1.29 is 9.53 Å². The highest BCUT2D eigenvalue weighted by molar-refractivity contribution is 5.92. The fraction of sp³-hybridized carbons (Fsp3) is 0.333. The number of anilines is 1. The second kappa shape index (κ2) is 5.69. The molecule has 0 spiro atoms. The van der Waals surface area contributed by atoms with Crippen LogP contribution in [0.1, 0.15) is 13.8 Å². The van der Waals surface area contributed by atoms with Gasteiger partial charge >= 0.3 is 5.97 Å². The zero-order chi connectivity index (χ0) is 13.8. The van der Waals surface area contributed by atoms with Crippen LogP contribution in [-0.4, -0.2) is 24.1 Å². The number of pyridine rings is 1. The molecule has 0 fully saturated rings. The molecule has 0 aliphatic heterocycles. The average Bonchev–Trinajstić information content (AvgIpc) is 2.43. The fourth-order valence-corrected chi connectivity index (χ4v) is 2.01. The Morgan fingerprint density at radius 2 is 2.00 bits per heavy atom. The van der Waals surface area contributed by atoms with E-state index in [1.807, 2.05) is 44.2 Å². The molecule has 0 saturated heterocycles. The van der Waals surface area contributed by atoms with E-state index in [-0.39, 0.29) is 17.9 Å². The Balaban J connectivity index is 2.36. The number of aromatic nitrogens is 1. The van der Waals surface area contributed by atoms with Crippen LogP contribution in [0.25, 0.3) is 10.9 Å². The molecule has 1 unspecified atom stereocenters. The Morgan fingerprint density at radius 3 is 2.68 bits per heavy atom. The van der Waals surface area contributed by atoms with Gasteiger partial charge in [0.1, 0.15) is 6.04 Å². The summed E-state index contributed by atoms with van der Waals surface area (Å²) in [6.07, 6.45) is 1.75. The number of para-hydroxylation sites is 1. The quantitative estimate of drug-likeness (QED) is 0.857. The van der Waals surface area contributed by atoms with Crippen LogP contribution < -0.4 is 5.32 Å². The maximum absolute atomic E-state index is 11.8. The molecule has 1 heterocycles. The maximum atomic E-state index is 11.8. The van der Waals surface area contributed by atoms with Crippen molar-refractivity contribution in [2.75, 3.05) is 12.4 Å². The molecule has 0 amide bonds. The third kappa shape index (κ3) is 2.84. The van der Waals surface area contributed by atoms with Crippen molar-refractivity contribution >= 4 is 22.6 Å². The highest BCUT2D eigenvalue weighted by Gasteiger charge is 2.23. The summed E-state index contributed by atoms with van der Waals surface area (Å²) in [6.45, 7) is 3.96. The van der Waals surface area contributed by atoms with Crippen LogP contribution in [0.15, 0.2) is 36.5 Å². The van der Waals surface area contributed by atoms with Gasteiger partial charge in [0, 0.05) is 11.6 Å². The summed E-state index contributed by atoms with van der Waals surface area (Å²) in [5, 5.41) is 4.28. The lowest BCUT2D eigenvalue weighted by atomic mass is 10.0. The van der Waals surface area contributed by atoms with Crippen LogP contribution in [0, 0.1) is 5.92 Å². The normalized spacial score (nSPS) is 12.4. The number of benzene rings is 1. The summed E-state index contributed by atoms with van der Waals surface area (Å²) in [5.74, 6) is -0.130. The van der Waals surface area contributed by atoms with Gasteiger partial charge < -0.3 is 10.1 Å². The lowest BCUT2D eigenvalue weighted by Crippen LogP contribution is -2.35. The highest BCUT2D eigenvalue weighted by Crippen LogP contribution is 2.23. The van der Waals surface area contributed by atoms with Crippen molar-refractivity contribution in [1.82, 2.24) is 4.98 Å². The predicted octanol–water partition coefficient (Wildman–Crippen LogP) is 2.84. The summed E-state index contributed by atoms with van der Waals surface area (Å²) >= 11 is 0. The van der Waals surface area contributed by atoms with Crippen LogP contribution in [0.3, 0.4) is 0 Å². The first-order chi connectivity index (χ1) is 9.13. The number of hydrogen-bond donors (Lipinski definition) is 1. The molecule has 1 atom stereocenters. The van der Waals surface area contributed by atoms with Crippen molar-refractivity contribution in [3.8, 4) is 0 Å². The second-order valence-electron chi connectivity index (χ2n) is 4.77. The van der Waals surface area contributed by atoms with Crippen LogP contribution >= 0.6 is 0 Å². The molecule has 1 aromatic carbocycles. The zero-order valence-electron chi connectivity index (χ0n) is 11.4. The second-order valence-corrected chi connectivity index (χ2v) is 4.77. The third-order valence-electron chi connectivity index (χ3n) is 3.07. The molecule has 2 rings (SSSR count). The molecule has 1 N–H and O–H groups in total. The average molecular weight is 258 g/mol. The number of carbonyl (C=O) groups excluding carboxylic acids is 1. The number of esters is 1. The van der Waals surface area contributed by atoms with Gasteiger partial charge in [0.15, 0.2) is 0 Å². The summed E-state index contributed by atoms with van der Waals surface area (Å²) in [6, 6.07) is 9.38. The van der Waals surface area contributed by atoms with Gasteiger partial charge in [-0.15, -0.1) is 0 Å². The molecular formula is C15H18N2O2. The number of methoxy groups -OCH3 is 1. The van der Waals surface area contributed by atoms with Crippen molar-refractivity contribution in [1.29, 1.82) is 0 Å². The number of ether oxygens (including phenoxy) is 1. The number of nitrogens with zero attached hydrogens (tertiary/aromatic N) is 1. The van der Waals surface area contributed by atoms with E-state index in [2.05, 4.69) is 10.3 Å². The van der Waals surface area contributed by atoms with E-state index in [4.69, 9.17) is 4.74 Å². The highest BCUT2D eigenvalue weighted by atomic mass is 16.5. The van der Waals surface area contributed by atoms with E-state index in [1.165, 1.54) is 7.11 Å². The van der Waals surface area contributed by atoms with E-state index in [0.717, 1.165) is 16.6 Å². The monoisotopic (exact) mass is 258 g/mol. The van der Waals surface area contributed by atoms with Crippen LogP contribution in [-0.2, 0) is 9.53 Å². The lowest BCUT2D eigenvalue weighted by molar-refractivity contribution is -0.142. The Morgan fingerprint density at radius 1 is 1.26 bits per heavy atom. The SMILES string of the molecule is COC(=O)C(Nc1cccc2cccnc12)C(C)C. The Kier molecular flexibility index (Phi) is 4.00. The summed E-state index contributed by atoms with van der Waals surface area (Å²) in [5.41, 5.74) is 1.71. The molecular weight excluding hydrogens is 240 g/mol. The number of nitrogens with one attached hydrogen (secondary N) is 1. The van der Waals surface area contributed by atoms with Crippen molar-refractivity contribution in [3.63, 3.8) is 0 Å². The molecule has 0 radical (unpaired) electrons. The summed E-state index contributed by atoms with van der Waals surface area (Å²) < 4.78 is 4.84. The van der Waals surface area contributed by atoms with Crippen molar-refractivity contribution in [2.24, 2.45) is 5.92 Å². The van der Waals surface area contributed by atoms with Gasteiger partial charge in [0.25, 0.3) is 0 Å². The van der Waals surface area contributed by atoms with Crippen molar-refractivity contribution in [2.45, 2.75) is 19.9 Å². The molecule has 0 aliphatic carbocycles. The van der Waals surface area contributed by atoms with Gasteiger partial charge in [-0.05, 0) is 18.1 Å². The molecule has 1 aromatic heterocycles. The first kappa shape index (κ1) is 13.3. The van der Waals surface area contributed by atoms with Crippen LogP contribution in [0.2, 0.25) is 0 Å². The van der Waals surface area contributed by atoms with E-state index >= 15 is 0 Å². The number of fused-ring (bicyclic) bond motifs is 1. The van der Waals surface area contributed by atoms with E-state index in [0.29, 0.717) is 0 Å². The fourth-order valence-electron chi connectivity index (χ4n) is 2.01. The zero-order valence-corrected chi connectivity index (χ0v) is 11.4. The minimum atomic E-state index is -0.377. The Bertz CT molecular complexity index is 576. The van der Waals surface area contributed by atoms with E-state index in [1.54, 1.807) is 6.20 Å². The third-order valence-corrected chi connectivity index (χ3v) is 3.07. The van der Waals surface area contributed by atoms with Gasteiger partial charge in [-0.25, -0.2) is 4.79 Å². The largest absolute Gasteiger partial charge is 0.467 e. The predicted molar refractivity (Wildman–Crippen MR) is 76.0 cm³/mol. The van der Waals surface area contributed by atoms with Crippen LogP contribution in [0.5, 0.6) is 0 Å². The first-order valence-electron chi connectivity index (χ1n) is 6.31. The number of carbonyl (C=O) groups is 1. The van der Waals surface area contributed by atoms with E-state index < -0.39 is 0 Å². The molecule has 4 nitrogen and oxygen atoms in total. The van der Waals surface area contributed by atoms with Gasteiger partial charge in [-0.3, -0.25) is 4.98 Å². The molecule has 0 aliphatic rings. The number of hydrogen-bond acceptors (Lipinski definition) is 4. The Hall–Kier alpha value is -2.10. The van der Waals surface area contributed by atoms with Crippen LogP contribution in [0.4, 0.5) is 5.69 Å². The van der Waals surface area contributed by atoms with Gasteiger partial charge in [0.05, 0.1) is 18.3 Å². The Labute approximate surface area is 112 Å². The van der Waals surface area contributed by atoms with E-state index in [9.17, 15) is 4.79 Å². The molecule has 19 heavy (non-hydrogen) atoms. The smallest absolute Gasteiger partial charge is 0.328 e. The summed E-state index contributed by atoms with van der Waals surface area (Å²) in [4.78, 5) is 16.2. The van der Waals surface area contributed by atoms with Gasteiger partial charge in [0.2, 0.25) is 0 Å². The maximum Gasteiger partial charge on any atom is 0.328 e. The van der Waals surface area contributed by atoms with Crippen molar-refractivity contribution in [3.05, 3.63) is 36.5 Å². The first-order valence-corrected chi connectivity index (χ1v) is 6.31. The summed E-state index contributed by atoms with van der Waals surface area (Å²) in [7, 11) is 1.40. The minimum Gasteiger partial charge on any atom is -0.467 e.